The Labute approximate surface area is 151 Å². The molecular weight excluding hydrogens is 330 g/mol. The maximum atomic E-state index is 11.1. The fourth-order valence-corrected chi connectivity index (χ4v) is 2.39. The molecule has 0 fully saturated rings. The van der Waals surface area contributed by atoms with E-state index in [4.69, 9.17) is 10.5 Å². The average molecular weight is 351 g/mol. The number of ether oxygens (including phenoxy) is 1. The van der Waals surface area contributed by atoms with Gasteiger partial charge in [0.25, 0.3) is 0 Å². The van der Waals surface area contributed by atoms with Gasteiger partial charge in [0.15, 0.2) is 0 Å². The highest BCUT2D eigenvalue weighted by Crippen LogP contribution is 2.25. The lowest BCUT2D eigenvalue weighted by Crippen LogP contribution is -2.19. The van der Waals surface area contributed by atoms with Crippen LogP contribution in [0.1, 0.15) is 10.4 Å². The van der Waals surface area contributed by atoms with Crippen LogP contribution in [-0.2, 0) is 0 Å². The molecule has 26 heavy (non-hydrogen) atoms. The molecule has 0 atom stereocenters. The van der Waals surface area contributed by atoms with Crippen molar-refractivity contribution in [1.82, 2.24) is 14.9 Å². The number of likely N-dealkylation sites (N-methyl/N-ethyl adjacent to an activating group) is 1. The highest BCUT2D eigenvalue weighted by atomic mass is 16.5. The zero-order valence-electron chi connectivity index (χ0n) is 14.8. The van der Waals surface area contributed by atoms with Crippen LogP contribution in [0, 0.1) is 0 Å². The van der Waals surface area contributed by atoms with Crippen LogP contribution in [0.2, 0.25) is 0 Å². The molecule has 0 aliphatic rings. The van der Waals surface area contributed by atoms with Crippen LogP contribution < -0.4 is 15.8 Å². The molecule has 1 amide bonds. The minimum absolute atomic E-state index is 0.451. The number of carbonyl (C=O) groups is 1. The lowest BCUT2D eigenvalue weighted by atomic mass is 10.2. The largest absolute Gasteiger partial charge is 0.490 e. The van der Waals surface area contributed by atoms with Crippen molar-refractivity contribution < 1.29 is 9.53 Å². The van der Waals surface area contributed by atoms with E-state index in [-0.39, 0.29) is 0 Å². The van der Waals surface area contributed by atoms with Gasteiger partial charge in [0, 0.05) is 29.4 Å². The standard InChI is InChI=1S/C19H21N5O2/c1-24(2)10-11-26-16-5-3-4-14-12-21-19(23-17(14)16)22-15-8-6-13(7-9-15)18(20)25/h3-9,12H,10-11H2,1-2H3,(H2,20,25)(H,21,22,23). The Morgan fingerprint density at radius 1 is 1.19 bits per heavy atom. The molecule has 7 nitrogen and oxygen atoms in total. The minimum Gasteiger partial charge on any atom is -0.490 e. The molecule has 3 rings (SSSR count). The van der Waals surface area contributed by atoms with Crippen molar-refractivity contribution in [3.63, 3.8) is 0 Å². The first-order valence-electron chi connectivity index (χ1n) is 8.23. The lowest BCUT2D eigenvalue weighted by molar-refractivity contribution is 0.100. The van der Waals surface area contributed by atoms with Crippen molar-refractivity contribution in [2.75, 3.05) is 32.6 Å². The summed E-state index contributed by atoms with van der Waals surface area (Å²) in [7, 11) is 4.00. The number of rotatable bonds is 7. The minimum atomic E-state index is -0.460. The number of fused-ring (bicyclic) bond motifs is 1. The van der Waals surface area contributed by atoms with E-state index < -0.39 is 5.91 Å². The molecule has 0 unspecified atom stereocenters. The van der Waals surface area contributed by atoms with Crippen LogP contribution in [0.3, 0.4) is 0 Å². The van der Waals surface area contributed by atoms with Crippen molar-refractivity contribution in [2.24, 2.45) is 5.73 Å². The van der Waals surface area contributed by atoms with E-state index in [0.717, 1.165) is 28.9 Å². The number of nitrogens with zero attached hydrogens (tertiary/aromatic N) is 3. The molecule has 7 heteroatoms. The number of hydrogen-bond acceptors (Lipinski definition) is 6. The van der Waals surface area contributed by atoms with E-state index in [1.165, 1.54) is 0 Å². The molecule has 0 spiro atoms. The van der Waals surface area contributed by atoms with Gasteiger partial charge in [0.05, 0.1) is 0 Å². The third-order valence-corrected chi connectivity index (χ3v) is 3.80. The summed E-state index contributed by atoms with van der Waals surface area (Å²) in [5.41, 5.74) is 7.22. The van der Waals surface area contributed by atoms with E-state index in [1.807, 2.05) is 32.3 Å². The molecule has 3 aromatic rings. The Bertz CT molecular complexity index is 909. The average Bonchev–Trinajstić information content (AvgIpc) is 2.62. The summed E-state index contributed by atoms with van der Waals surface area (Å²) in [5.74, 6) is 0.713. The Morgan fingerprint density at radius 2 is 1.96 bits per heavy atom. The van der Waals surface area contributed by atoms with Crippen LogP contribution in [0.4, 0.5) is 11.6 Å². The van der Waals surface area contributed by atoms with E-state index in [0.29, 0.717) is 18.1 Å². The quantitative estimate of drug-likeness (QED) is 0.679. The van der Waals surface area contributed by atoms with Crippen molar-refractivity contribution in [1.29, 1.82) is 0 Å². The first-order chi connectivity index (χ1) is 12.5. The van der Waals surface area contributed by atoms with E-state index >= 15 is 0 Å². The van der Waals surface area contributed by atoms with Crippen molar-refractivity contribution in [2.45, 2.75) is 0 Å². The van der Waals surface area contributed by atoms with Gasteiger partial charge in [-0.15, -0.1) is 0 Å². The number of aromatic nitrogens is 2. The van der Waals surface area contributed by atoms with E-state index in [1.54, 1.807) is 30.5 Å². The van der Waals surface area contributed by atoms with Crippen molar-refractivity contribution in [3.8, 4) is 5.75 Å². The highest BCUT2D eigenvalue weighted by Gasteiger charge is 2.07. The second kappa shape index (κ2) is 7.79. The van der Waals surface area contributed by atoms with Gasteiger partial charge in [-0.3, -0.25) is 4.79 Å². The number of hydrogen-bond donors (Lipinski definition) is 2. The lowest BCUT2D eigenvalue weighted by Gasteiger charge is -2.13. The Hall–Kier alpha value is -3.19. The molecule has 0 bridgehead atoms. The van der Waals surface area contributed by atoms with E-state index in [2.05, 4.69) is 20.2 Å². The third-order valence-electron chi connectivity index (χ3n) is 3.80. The van der Waals surface area contributed by atoms with Gasteiger partial charge in [-0.05, 0) is 44.4 Å². The highest BCUT2D eigenvalue weighted by molar-refractivity contribution is 5.93. The summed E-state index contributed by atoms with van der Waals surface area (Å²) >= 11 is 0. The number of primary amides is 1. The first kappa shape index (κ1) is 17.6. The zero-order chi connectivity index (χ0) is 18.5. The van der Waals surface area contributed by atoms with Crippen LogP contribution in [0.5, 0.6) is 5.75 Å². The van der Waals surface area contributed by atoms with Gasteiger partial charge < -0.3 is 20.7 Å². The van der Waals surface area contributed by atoms with Gasteiger partial charge in [0.2, 0.25) is 11.9 Å². The maximum Gasteiger partial charge on any atom is 0.248 e. The Morgan fingerprint density at radius 3 is 2.65 bits per heavy atom. The number of carbonyl (C=O) groups excluding carboxylic acids is 1. The Balaban J connectivity index is 1.82. The smallest absolute Gasteiger partial charge is 0.248 e. The number of para-hydroxylation sites is 1. The van der Waals surface area contributed by atoms with Gasteiger partial charge in [-0.1, -0.05) is 12.1 Å². The van der Waals surface area contributed by atoms with Crippen LogP contribution in [0.15, 0.2) is 48.7 Å². The predicted molar refractivity (Wildman–Crippen MR) is 102 cm³/mol. The van der Waals surface area contributed by atoms with Crippen LogP contribution >= 0.6 is 0 Å². The van der Waals surface area contributed by atoms with Gasteiger partial charge in [0.1, 0.15) is 17.9 Å². The molecule has 0 radical (unpaired) electrons. The number of amides is 1. The molecule has 1 heterocycles. The van der Waals surface area contributed by atoms with Crippen LogP contribution in [0.25, 0.3) is 10.9 Å². The molecule has 0 aliphatic carbocycles. The monoisotopic (exact) mass is 351 g/mol. The van der Waals surface area contributed by atoms with Crippen molar-refractivity contribution in [3.05, 3.63) is 54.2 Å². The molecule has 3 N–H and O–H groups in total. The topological polar surface area (TPSA) is 93.4 Å². The number of benzene rings is 2. The molecule has 1 aromatic heterocycles. The van der Waals surface area contributed by atoms with Gasteiger partial charge in [-0.25, -0.2) is 9.97 Å². The van der Waals surface area contributed by atoms with Gasteiger partial charge >= 0.3 is 0 Å². The Kier molecular flexibility index (Phi) is 5.28. The summed E-state index contributed by atoms with van der Waals surface area (Å²) < 4.78 is 5.87. The molecule has 2 aromatic carbocycles. The van der Waals surface area contributed by atoms with Crippen LogP contribution in [-0.4, -0.2) is 48.0 Å². The molecule has 134 valence electrons. The molecular formula is C19H21N5O2. The summed E-state index contributed by atoms with van der Waals surface area (Å²) in [6.07, 6.45) is 1.75. The number of nitrogens with two attached hydrogens (primary N) is 1. The number of anilines is 2. The first-order valence-corrected chi connectivity index (χ1v) is 8.23. The molecule has 0 saturated carbocycles. The fourth-order valence-electron chi connectivity index (χ4n) is 2.39. The zero-order valence-corrected chi connectivity index (χ0v) is 14.8. The fraction of sp³-hybridized carbons (Fsp3) is 0.211. The second-order valence-electron chi connectivity index (χ2n) is 6.11. The third kappa shape index (κ3) is 4.25. The number of nitrogens with one attached hydrogen (secondary N) is 1. The summed E-state index contributed by atoms with van der Waals surface area (Å²) in [6.45, 7) is 1.40. The molecule has 0 saturated heterocycles. The predicted octanol–water partition coefficient (Wildman–Crippen LogP) is 2.41. The summed E-state index contributed by atoms with van der Waals surface area (Å²) in [4.78, 5) is 22.1. The second-order valence-corrected chi connectivity index (χ2v) is 6.11. The SMILES string of the molecule is CN(C)CCOc1cccc2cnc(Nc3ccc(C(N)=O)cc3)nc12. The van der Waals surface area contributed by atoms with Gasteiger partial charge in [-0.2, -0.15) is 0 Å². The summed E-state index contributed by atoms with van der Waals surface area (Å²) in [6, 6.07) is 12.6. The molecule has 0 aliphatic heterocycles. The normalized spacial score (nSPS) is 10.9. The maximum absolute atomic E-state index is 11.1. The summed E-state index contributed by atoms with van der Waals surface area (Å²) in [5, 5.41) is 4.03. The van der Waals surface area contributed by atoms with E-state index in [9.17, 15) is 4.79 Å². The van der Waals surface area contributed by atoms with Crippen molar-refractivity contribution >= 4 is 28.4 Å².